The second kappa shape index (κ2) is 5.92. The number of rotatable bonds is 2. The summed E-state index contributed by atoms with van der Waals surface area (Å²) in [5.41, 5.74) is 0.232. The number of ether oxygens (including phenoxy) is 1. The Hall–Kier alpha value is -1.82. The van der Waals surface area contributed by atoms with Gasteiger partial charge in [-0.25, -0.2) is 9.78 Å². The van der Waals surface area contributed by atoms with E-state index in [1.54, 1.807) is 17.0 Å². The van der Waals surface area contributed by atoms with Crippen molar-refractivity contribution in [1.82, 2.24) is 9.88 Å². The molecule has 0 spiro atoms. The number of hydrogen-bond acceptors (Lipinski definition) is 4. The minimum atomic E-state index is -0.587. The third-order valence-electron chi connectivity index (χ3n) is 4.32. The monoisotopic (exact) mass is 351 g/mol. The average Bonchev–Trinajstić information content (AvgIpc) is 3.11. The molecule has 1 aromatic rings. The van der Waals surface area contributed by atoms with Crippen molar-refractivity contribution in [2.45, 2.75) is 58.2 Å². The van der Waals surface area contributed by atoms with E-state index in [9.17, 15) is 9.59 Å². The second-order valence-electron chi connectivity index (χ2n) is 7.49. The average molecular weight is 352 g/mol. The van der Waals surface area contributed by atoms with Gasteiger partial charge in [0.1, 0.15) is 22.6 Å². The molecule has 0 bridgehead atoms. The van der Waals surface area contributed by atoms with Crippen molar-refractivity contribution in [3.8, 4) is 0 Å². The Morgan fingerprint density at radius 2 is 2.04 bits per heavy atom. The van der Waals surface area contributed by atoms with Crippen LogP contribution in [0.2, 0.25) is 5.15 Å². The van der Waals surface area contributed by atoms with Crippen LogP contribution >= 0.6 is 11.6 Å². The summed E-state index contributed by atoms with van der Waals surface area (Å²) < 4.78 is 5.46. The number of pyridine rings is 1. The van der Waals surface area contributed by atoms with Gasteiger partial charge in [-0.1, -0.05) is 17.7 Å². The van der Waals surface area contributed by atoms with Crippen LogP contribution in [0.3, 0.4) is 0 Å². The van der Waals surface area contributed by atoms with Crippen LogP contribution in [0.15, 0.2) is 12.1 Å². The molecule has 1 aromatic heterocycles. The molecule has 130 valence electrons. The SMILES string of the molecule is Cc1ccc(Cl)nc1NC(=O)[C@H]1C[C@H]2C[C@H]2N1C(=O)OC(C)(C)C. The van der Waals surface area contributed by atoms with Crippen LogP contribution in [0.5, 0.6) is 0 Å². The summed E-state index contributed by atoms with van der Waals surface area (Å²) in [7, 11) is 0. The topological polar surface area (TPSA) is 71.5 Å². The Balaban J connectivity index is 1.74. The lowest BCUT2D eigenvalue weighted by Gasteiger charge is -2.29. The van der Waals surface area contributed by atoms with E-state index in [1.165, 1.54) is 0 Å². The molecule has 1 aliphatic carbocycles. The van der Waals surface area contributed by atoms with E-state index in [1.807, 2.05) is 27.7 Å². The predicted molar refractivity (Wildman–Crippen MR) is 91.0 cm³/mol. The number of nitrogens with zero attached hydrogens (tertiary/aromatic N) is 2. The maximum Gasteiger partial charge on any atom is 0.411 e. The maximum atomic E-state index is 12.7. The largest absolute Gasteiger partial charge is 0.444 e. The summed E-state index contributed by atoms with van der Waals surface area (Å²) in [5.74, 6) is 0.574. The van der Waals surface area contributed by atoms with Crippen molar-refractivity contribution in [3.05, 3.63) is 22.8 Å². The van der Waals surface area contributed by atoms with E-state index in [0.29, 0.717) is 23.3 Å². The molecule has 7 heteroatoms. The zero-order chi connectivity index (χ0) is 17.6. The Morgan fingerprint density at radius 3 is 2.71 bits per heavy atom. The third kappa shape index (κ3) is 3.48. The standard InChI is InChI=1S/C17H22ClN3O3/c1-9-5-6-13(18)19-14(9)20-15(22)12-8-10-7-11(10)21(12)16(23)24-17(2,3)4/h5-6,10-12H,7-8H2,1-4H3,(H,19,20,22)/t10-,11-,12-/m1/s1. The number of hydrogen-bond donors (Lipinski definition) is 1. The molecular weight excluding hydrogens is 330 g/mol. The number of carbonyl (C=O) groups is 2. The highest BCUT2D eigenvalue weighted by atomic mass is 35.5. The quantitative estimate of drug-likeness (QED) is 0.829. The molecule has 1 N–H and O–H groups in total. The predicted octanol–water partition coefficient (Wildman–Crippen LogP) is 3.38. The molecule has 24 heavy (non-hydrogen) atoms. The van der Waals surface area contributed by atoms with Crippen molar-refractivity contribution >= 4 is 29.4 Å². The molecule has 3 atom stereocenters. The van der Waals surface area contributed by atoms with E-state index in [-0.39, 0.29) is 11.9 Å². The van der Waals surface area contributed by atoms with Crippen molar-refractivity contribution < 1.29 is 14.3 Å². The van der Waals surface area contributed by atoms with Crippen LogP contribution in [0.25, 0.3) is 0 Å². The van der Waals surface area contributed by atoms with E-state index >= 15 is 0 Å². The number of carbonyl (C=O) groups excluding carboxylic acids is 2. The molecule has 1 saturated heterocycles. The third-order valence-corrected chi connectivity index (χ3v) is 4.53. The van der Waals surface area contributed by atoms with E-state index in [4.69, 9.17) is 16.3 Å². The van der Waals surface area contributed by atoms with Gasteiger partial charge in [-0.3, -0.25) is 9.69 Å². The van der Waals surface area contributed by atoms with Gasteiger partial charge in [-0.05, 0) is 58.1 Å². The van der Waals surface area contributed by atoms with Gasteiger partial charge in [0, 0.05) is 6.04 Å². The van der Waals surface area contributed by atoms with Crippen LogP contribution in [-0.4, -0.2) is 39.6 Å². The molecule has 2 fully saturated rings. The number of aryl methyl sites for hydroxylation is 1. The highest BCUT2D eigenvalue weighted by molar-refractivity contribution is 6.29. The first kappa shape index (κ1) is 17.0. The Bertz CT molecular complexity index is 686. The number of piperidine rings is 1. The number of halogens is 1. The molecule has 0 radical (unpaired) electrons. The zero-order valence-electron chi connectivity index (χ0n) is 14.3. The van der Waals surface area contributed by atoms with Gasteiger partial charge < -0.3 is 10.1 Å². The first-order valence-electron chi connectivity index (χ1n) is 8.11. The minimum absolute atomic E-state index is 0.115. The zero-order valence-corrected chi connectivity index (χ0v) is 15.1. The summed E-state index contributed by atoms with van der Waals surface area (Å²) in [6.07, 6.45) is 1.18. The van der Waals surface area contributed by atoms with Gasteiger partial charge >= 0.3 is 6.09 Å². The van der Waals surface area contributed by atoms with Gasteiger partial charge in [0.05, 0.1) is 0 Å². The Kier molecular flexibility index (Phi) is 4.20. The summed E-state index contributed by atoms with van der Waals surface area (Å²) in [6, 6.07) is 3.06. The summed E-state index contributed by atoms with van der Waals surface area (Å²) in [4.78, 5) is 30.9. The summed E-state index contributed by atoms with van der Waals surface area (Å²) in [6.45, 7) is 7.30. The van der Waals surface area contributed by atoms with Crippen LogP contribution in [0, 0.1) is 12.8 Å². The molecule has 1 saturated carbocycles. The van der Waals surface area contributed by atoms with Gasteiger partial charge in [0.25, 0.3) is 0 Å². The molecule has 1 aliphatic heterocycles. The highest BCUT2D eigenvalue weighted by Crippen LogP contribution is 2.48. The Morgan fingerprint density at radius 1 is 1.33 bits per heavy atom. The van der Waals surface area contributed by atoms with E-state index < -0.39 is 17.7 Å². The molecule has 2 heterocycles. The number of nitrogens with one attached hydrogen (secondary N) is 1. The molecular formula is C17H22ClN3O3. The van der Waals surface area contributed by atoms with Crippen LogP contribution in [0.1, 0.15) is 39.2 Å². The first-order valence-corrected chi connectivity index (χ1v) is 8.49. The Labute approximate surface area is 146 Å². The number of anilines is 1. The molecule has 2 amide bonds. The van der Waals surface area contributed by atoms with Crippen molar-refractivity contribution in [2.24, 2.45) is 5.92 Å². The maximum absolute atomic E-state index is 12.7. The molecule has 0 aromatic carbocycles. The minimum Gasteiger partial charge on any atom is -0.444 e. The van der Waals surface area contributed by atoms with Crippen LogP contribution < -0.4 is 5.32 Å². The fourth-order valence-electron chi connectivity index (χ4n) is 3.10. The van der Waals surface area contributed by atoms with Crippen LogP contribution in [0.4, 0.5) is 10.6 Å². The number of aromatic nitrogens is 1. The highest BCUT2D eigenvalue weighted by Gasteiger charge is 2.57. The lowest BCUT2D eigenvalue weighted by atomic mass is 10.1. The number of likely N-dealkylation sites (tertiary alicyclic amines) is 1. The lowest BCUT2D eigenvalue weighted by molar-refractivity contribution is -0.121. The lowest BCUT2D eigenvalue weighted by Crippen LogP contribution is -2.47. The smallest absolute Gasteiger partial charge is 0.411 e. The number of fused-ring (bicyclic) bond motifs is 1. The van der Waals surface area contributed by atoms with Crippen molar-refractivity contribution in [3.63, 3.8) is 0 Å². The van der Waals surface area contributed by atoms with Gasteiger partial charge in [-0.15, -0.1) is 0 Å². The summed E-state index contributed by atoms with van der Waals surface area (Å²) >= 11 is 5.89. The molecule has 6 nitrogen and oxygen atoms in total. The fraction of sp³-hybridized carbons (Fsp3) is 0.588. The molecule has 0 unspecified atom stereocenters. The van der Waals surface area contributed by atoms with Gasteiger partial charge in [0.15, 0.2) is 0 Å². The second-order valence-corrected chi connectivity index (χ2v) is 7.88. The number of amides is 2. The summed E-state index contributed by atoms with van der Waals surface area (Å²) in [5, 5.41) is 3.11. The van der Waals surface area contributed by atoms with Gasteiger partial charge in [-0.2, -0.15) is 0 Å². The fourth-order valence-corrected chi connectivity index (χ4v) is 3.25. The van der Waals surface area contributed by atoms with Crippen molar-refractivity contribution in [2.75, 3.05) is 5.32 Å². The van der Waals surface area contributed by atoms with E-state index in [2.05, 4.69) is 10.3 Å². The first-order chi connectivity index (χ1) is 11.2. The van der Waals surface area contributed by atoms with Gasteiger partial charge in [0.2, 0.25) is 5.91 Å². The molecule has 2 aliphatic rings. The van der Waals surface area contributed by atoms with Crippen LogP contribution in [-0.2, 0) is 9.53 Å². The van der Waals surface area contributed by atoms with Crippen molar-refractivity contribution in [1.29, 1.82) is 0 Å². The van der Waals surface area contributed by atoms with E-state index in [0.717, 1.165) is 12.0 Å². The normalized spacial score (nSPS) is 25.2. The molecule has 3 rings (SSSR count).